The first-order valence-electron chi connectivity index (χ1n) is 6.29. The third-order valence-corrected chi connectivity index (χ3v) is 4.27. The Labute approximate surface area is 116 Å². The smallest absolute Gasteiger partial charge is 0.0845 e. The van der Waals surface area contributed by atoms with Crippen LogP contribution in [-0.4, -0.2) is 10.1 Å². The summed E-state index contributed by atoms with van der Waals surface area (Å²) in [5, 5.41) is 13.7. The summed E-state index contributed by atoms with van der Waals surface area (Å²) in [4.78, 5) is 4.14. The molecule has 0 spiro atoms. The Morgan fingerprint density at radius 1 is 1.26 bits per heavy atom. The van der Waals surface area contributed by atoms with E-state index < -0.39 is 6.10 Å². The molecule has 0 bridgehead atoms. The third-order valence-electron chi connectivity index (χ3n) is 3.26. The SMILES string of the molecule is Cc1cncc(C(O)Cc2csc3ccccc23)c1. The highest BCUT2D eigenvalue weighted by atomic mass is 32.1. The molecule has 0 saturated carbocycles. The van der Waals surface area contributed by atoms with Crippen molar-refractivity contribution in [1.29, 1.82) is 0 Å². The standard InChI is InChI=1S/C16H15NOS/c1-11-6-12(9-17-8-11)15(18)7-13-10-19-16-5-3-2-4-14(13)16/h2-6,8-10,15,18H,7H2,1H3. The summed E-state index contributed by atoms with van der Waals surface area (Å²) in [6.45, 7) is 1.99. The first-order valence-corrected chi connectivity index (χ1v) is 7.17. The number of nitrogens with zero attached hydrogens (tertiary/aromatic N) is 1. The molecule has 3 aromatic rings. The number of benzene rings is 1. The van der Waals surface area contributed by atoms with Gasteiger partial charge in [-0.25, -0.2) is 0 Å². The Kier molecular flexibility index (Phi) is 3.32. The zero-order valence-corrected chi connectivity index (χ0v) is 11.5. The molecule has 0 aliphatic rings. The van der Waals surface area contributed by atoms with E-state index in [1.165, 1.54) is 15.6 Å². The van der Waals surface area contributed by atoms with Crippen LogP contribution < -0.4 is 0 Å². The second-order valence-corrected chi connectivity index (χ2v) is 5.68. The van der Waals surface area contributed by atoms with Gasteiger partial charge in [-0.3, -0.25) is 4.98 Å². The first-order chi connectivity index (χ1) is 9.24. The van der Waals surface area contributed by atoms with Crippen LogP contribution in [0.4, 0.5) is 0 Å². The minimum absolute atomic E-state index is 0.495. The highest BCUT2D eigenvalue weighted by Gasteiger charge is 2.12. The summed E-state index contributed by atoms with van der Waals surface area (Å²) in [6, 6.07) is 10.3. The van der Waals surface area contributed by atoms with E-state index in [9.17, 15) is 5.11 Å². The zero-order chi connectivity index (χ0) is 13.2. The van der Waals surface area contributed by atoms with Crippen molar-refractivity contribution in [2.45, 2.75) is 19.4 Å². The molecule has 0 aliphatic carbocycles. The van der Waals surface area contributed by atoms with E-state index in [0.29, 0.717) is 6.42 Å². The predicted molar refractivity (Wildman–Crippen MR) is 79.5 cm³/mol. The average Bonchev–Trinajstić information content (AvgIpc) is 2.82. The molecule has 2 aromatic heterocycles. The number of rotatable bonds is 3. The van der Waals surface area contributed by atoms with Crippen molar-refractivity contribution in [3.8, 4) is 0 Å². The van der Waals surface area contributed by atoms with Crippen molar-refractivity contribution in [3.05, 3.63) is 64.8 Å². The Bertz CT molecular complexity index is 705. The van der Waals surface area contributed by atoms with Crippen LogP contribution in [0.25, 0.3) is 10.1 Å². The molecule has 96 valence electrons. The molecule has 0 fully saturated rings. The zero-order valence-electron chi connectivity index (χ0n) is 10.7. The number of fused-ring (bicyclic) bond motifs is 1. The fourth-order valence-electron chi connectivity index (χ4n) is 2.28. The lowest BCUT2D eigenvalue weighted by Crippen LogP contribution is -2.02. The molecule has 2 heterocycles. The van der Waals surface area contributed by atoms with Crippen LogP contribution in [0.3, 0.4) is 0 Å². The van der Waals surface area contributed by atoms with Gasteiger partial charge < -0.3 is 5.11 Å². The van der Waals surface area contributed by atoms with Gasteiger partial charge in [0.1, 0.15) is 0 Å². The Hall–Kier alpha value is -1.71. The van der Waals surface area contributed by atoms with Crippen LogP contribution in [0.2, 0.25) is 0 Å². The van der Waals surface area contributed by atoms with E-state index in [1.54, 1.807) is 23.7 Å². The van der Waals surface area contributed by atoms with Crippen LogP contribution in [0.15, 0.2) is 48.1 Å². The summed E-state index contributed by atoms with van der Waals surface area (Å²) < 4.78 is 1.27. The molecule has 19 heavy (non-hydrogen) atoms. The van der Waals surface area contributed by atoms with Gasteiger partial charge in [0.15, 0.2) is 0 Å². The highest BCUT2D eigenvalue weighted by molar-refractivity contribution is 7.17. The van der Waals surface area contributed by atoms with E-state index in [-0.39, 0.29) is 0 Å². The molecule has 0 aliphatic heterocycles. The number of aliphatic hydroxyl groups is 1. The number of aryl methyl sites for hydroxylation is 1. The van der Waals surface area contributed by atoms with Crippen LogP contribution in [0.5, 0.6) is 0 Å². The van der Waals surface area contributed by atoms with Crippen LogP contribution in [0, 0.1) is 6.92 Å². The molecule has 1 unspecified atom stereocenters. The number of hydrogen-bond donors (Lipinski definition) is 1. The van der Waals surface area contributed by atoms with Gasteiger partial charge in [-0.05, 0) is 40.4 Å². The highest BCUT2D eigenvalue weighted by Crippen LogP contribution is 2.29. The first kappa shape index (κ1) is 12.3. The second kappa shape index (κ2) is 5.11. The molecule has 3 heteroatoms. The normalized spacial score (nSPS) is 12.7. The largest absolute Gasteiger partial charge is 0.388 e. The predicted octanol–water partition coefficient (Wildman–Crippen LogP) is 3.88. The third kappa shape index (κ3) is 2.53. The van der Waals surface area contributed by atoms with Gasteiger partial charge in [-0.1, -0.05) is 24.3 Å². The summed E-state index contributed by atoms with van der Waals surface area (Å²) >= 11 is 1.73. The molecule has 3 rings (SSSR count). The molecule has 1 atom stereocenters. The van der Waals surface area contributed by atoms with Crippen molar-refractivity contribution in [2.24, 2.45) is 0 Å². The van der Waals surface area contributed by atoms with Gasteiger partial charge in [-0.2, -0.15) is 0 Å². The van der Waals surface area contributed by atoms with Gasteiger partial charge in [0.05, 0.1) is 6.10 Å². The lowest BCUT2D eigenvalue weighted by atomic mass is 10.0. The Balaban J connectivity index is 1.89. The topological polar surface area (TPSA) is 33.1 Å². The molecule has 1 aromatic carbocycles. The summed E-state index contributed by atoms with van der Waals surface area (Å²) in [6.07, 6.45) is 3.68. The number of aromatic nitrogens is 1. The van der Waals surface area contributed by atoms with E-state index in [2.05, 4.69) is 22.5 Å². The van der Waals surface area contributed by atoms with Crippen molar-refractivity contribution < 1.29 is 5.11 Å². The van der Waals surface area contributed by atoms with Crippen molar-refractivity contribution >= 4 is 21.4 Å². The van der Waals surface area contributed by atoms with Crippen molar-refractivity contribution in [2.75, 3.05) is 0 Å². The average molecular weight is 269 g/mol. The van der Waals surface area contributed by atoms with E-state index in [1.807, 2.05) is 25.1 Å². The van der Waals surface area contributed by atoms with Crippen molar-refractivity contribution in [1.82, 2.24) is 4.98 Å². The lowest BCUT2D eigenvalue weighted by Gasteiger charge is -2.10. The van der Waals surface area contributed by atoms with Gasteiger partial charge >= 0.3 is 0 Å². The summed E-state index contributed by atoms with van der Waals surface area (Å²) in [5.74, 6) is 0. The van der Waals surface area contributed by atoms with Crippen LogP contribution in [-0.2, 0) is 6.42 Å². The van der Waals surface area contributed by atoms with Gasteiger partial charge in [-0.15, -0.1) is 11.3 Å². The maximum absolute atomic E-state index is 10.3. The minimum atomic E-state index is -0.495. The molecule has 0 amide bonds. The second-order valence-electron chi connectivity index (χ2n) is 4.77. The van der Waals surface area contributed by atoms with Crippen LogP contribution in [0.1, 0.15) is 22.8 Å². The fraction of sp³-hybridized carbons (Fsp3) is 0.188. The van der Waals surface area contributed by atoms with E-state index >= 15 is 0 Å². The molecule has 0 saturated heterocycles. The minimum Gasteiger partial charge on any atom is -0.388 e. The number of thiophene rings is 1. The lowest BCUT2D eigenvalue weighted by molar-refractivity contribution is 0.178. The number of pyridine rings is 1. The Morgan fingerprint density at radius 3 is 2.95 bits per heavy atom. The van der Waals surface area contributed by atoms with Gasteiger partial charge in [0.25, 0.3) is 0 Å². The molecule has 0 radical (unpaired) electrons. The summed E-state index contributed by atoms with van der Waals surface area (Å²) in [5.41, 5.74) is 3.16. The summed E-state index contributed by atoms with van der Waals surface area (Å²) in [7, 11) is 0. The molecular weight excluding hydrogens is 254 g/mol. The van der Waals surface area contributed by atoms with E-state index in [4.69, 9.17) is 0 Å². The monoisotopic (exact) mass is 269 g/mol. The molecular formula is C16H15NOS. The van der Waals surface area contributed by atoms with Gasteiger partial charge in [0.2, 0.25) is 0 Å². The maximum Gasteiger partial charge on any atom is 0.0845 e. The van der Waals surface area contributed by atoms with Crippen LogP contribution >= 0.6 is 11.3 Å². The van der Waals surface area contributed by atoms with Gasteiger partial charge in [0, 0.05) is 23.5 Å². The quantitative estimate of drug-likeness (QED) is 0.782. The fourth-order valence-corrected chi connectivity index (χ4v) is 3.25. The van der Waals surface area contributed by atoms with Crippen molar-refractivity contribution in [3.63, 3.8) is 0 Å². The number of aliphatic hydroxyl groups excluding tert-OH is 1. The van der Waals surface area contributed by atoms with E-state index in [0.717, 1.165) is 11.1 Å². The maximum atomic E-state index is 10.3. The number of hydrogen-bond acceptors (Lipinski definition) is 3. The molecule has 1 N–H and O–H groups in total. The molecule has 2 nitrogen and oxygen atoms in total. The Morgan fingerprint density at radius 2 is 2.11 bits per heavy atom.